The molecule has 0 bridgehead atoms. The molecule has 3 atom stereocenters. The highest BCUT2D eigenvalue weighted by molar-refractivity contribution is 4.88. The van der Waals surface area contributed by atoms with Gasteiger partial charge in [-0.15, -0.1) is 0 Å². The van der Waals surface area contributed by atoms with E-state index >= 15 is 0 Å². The predicted molar refractivity (Wildman–Crippen MR) is 81.8 cm³/mol. The van der Waals surface area contributed by atoms with E-state index in [0.717, 1.165) is 17.8 Å². The van der Waals surface area contributed by atoms with Crippen LogP contribution in [-0.2, 0) is 0 Å². The second-order valence-electron chi connectivity index (χ2n) is 8.45. The molecule has 1 rings (SSSR count). The average Bonchev–Trinajstić information content (AvgIpc) is 2.24. The van der Waals surface area contributed by atoms with Crippen LogP contribution >= 0.6 is 0 Å². The van der Waals surface area contributed by atoms with Crippen molar-refractivity contribution in [1.82, 2.24) is 5.32 Å². The average molecular weight is 253 g/mol. The van der Waals surface area contributed by atoms with Crippen LogP contribution in [0.4, 0.5) is 0 Å². The molecule has 1 fully saturated rings. The zero-order valence-electron chi connectivity index (χ0n) is 13.8. The first-order valence-electron chi connectivity index (χ1n) is 7.88. The van der Waals surface area contributed by atoms with E-state index in [2.05, 4.69) is 53.8 Å². The zero-order chi connectivity index (χ0) is 14.0. The van der Waals surface area contributed by atoms with Gasteiger partial charge in [0.2, 0.25) is 0 Å². The lowest BCUT2D eigenvalue weighted by Gasteiger charge is -2.44. The minimum absolute atomic E-state index is 0.254. The highest BCUT2D eigenvalue weighted by Crippen LogP contribution is 2.44. The largest absolute Gasteiger partial charge is 0.312 e. The Bertz CT molecular complexity index is 243. The molecule has 0 amide bonds. The molecular weight excluding hydrogens is 218 g/mol. The maximum Gasteiger partial charge on any atom is 0.00966 e. The topological polar surface area (TPSA) is 12.0 Å². The van der Waals surface area contributed by atoms with Gasteiger partial charge in [-0.1, -0.05) is 40.5 Å². The van der Waals surface area contributed by atoms with E-state index in [1.54, 1.807) is 0 Å². The summed E-state index contributed by atoms with van der Waals surface area (Å²) < 4.78 is 0. The summed E-state index contributed by atoms with van der Waals surface area (Å²) in [5.74, 6) is 2.72. The second-order valence-corrected chi connectivity index (χ2v) is 8.45. The minimum Gasteiger partial charge on any atom is -0.312 e. The van der Waals surface area contributed by atoms with E-state index in [1.807, 2.05) is 0 Å². The Balaban J connectivity index is 2.64. The molecule has 18 heavy (non-hydrogen) atoms. The first-order valence-corrected chi connectivity index (χ1v) is 7.88. The van der Waals surface area contributed by atoms with Crippen LogP contribution in [0.3, 0.4) is 0 Å². The van der Waals surface area contributed by atoms with Crippen molar-refractivity contribution in [2.75, 3.05) is 6.54 Å². The summed E-state index contributed by atoms with van der Waals surface area (Å²) in [5, 5.41) is 3.73. The molecule has 0 heterocycles. The number of hydrogen-bond acceptors (Lipinski definition) is 1. The summed E-state index contributed by atoms with van der Waals surface area (Å²) >= 11 is 0. The maximum atomic E-state index is 3.73. The molecule has 0 aromatic heterocycles. The Kier molecular flexibility index (Phi) is 5.29. The van der Waals surface area contributed by atoms with Crippen LogP contribution in [0.2, 0.25) is 0 Å². The molecule has 1 heteroatoms. The molecule has 1 aliphatic rings. The maximum absolute atomic E-state index is 3.73. The van der Waals surface area contributed by atoms with E-state index in [1.165, 1.54) is 32.2 Å². The van der Waals surface area contributed by atoms with Crippen molar-refractivity contribution in [3.05, 3.63) is 0 Å². The standard InChI is InChI=1S/C17H35N/c1-8-13-9-10-14(12-18-17(5,6)7)15(11-13)16(2,3)4/h13-15,18H,8-12H2,1-7H3. The van der Waals surface area contributed by atoms with Crippen LogP contribution in [0.5, 0.6) is 0 Å². The van der Waals surface area contributed by atoms with Crippen LogP contribution in [0.15, 0.2) is 0 Å². The molecule has 0 aromatic carbocycles. The molecule has 1 N–H and O–H groups in total. The molecule has 0 aromatic rings. The van der Waals surface area contributed by atoms with Crippen molar-refractivity contribution >= 4 is 0 Å². The molecule has 1 saturated carbocycles. The van der Waals surface area contributed by atoms with Crippen molar-refractivity contribution in [2.45, 2.75) is 79.7 Å². The first-order chi connectivity index (χ1) is 8.13. The zero-order valence-corrected chi connectivity index (χ0v) is 13.8. The molecule has 108 valence electrons. The molecular formula is C17H35N. The summed E-state index contributed by atoms with van der Waals surface area (Å²) in [5.41, 5.74) is 0.710. The summed E-state index contributed by atoms with van der Waals surface area (Å²) in [7, 11) is 0. The van der Waals surface area contributed by atoms with Crippen LogP contribution in [0, 0.1) is 23.2 Å². The Morgan fingerprint density at radius 2 is 1.61 bits per heavy atom. The normalized spacial score (nSPS) is 30.5. The van der Waals surface area contributed by atoms with Crippen LogP contribution in [0.25, 0.3) is 0 Å². The Morgan fingerprint density at radius 1 is 1.00 bits per heavy atom. The highest BCUT2D eigenvalue weighted by atomic mass is 14.9. The summed E-state index contributed by atoms with van der Waals surface area (Å²) in [4.78, 5) is 0. The van der Waals surface area contributed by atoms with Crippen molar-refractivity contribution in [1.29, 1.82) is 0 Å². The number of nitrogens with one attached hydrogen (secondary N) is 1. The van der Waals surface area contributed by atoms with E-state index in [-0.39, 0.29) is 5.54 Å². The number of rotatable bonds is 3. The van der Waals surface area contributed by atoms with Gasteiger partial charge in [0, 0.05) is 5.54 Å². The summed E-state index contributed by atoms with van der Waals surface area (Å²) in [6.45, 7) is 17.7. The van der Waals surface area contributed by atoms with Crippen molar-refractivity contribution in [2.24, 2.45) is 23.2 Å². The van der Waals surface area contributed by atoms with Crippen molar-refractivity contribution in [3.63, 3.8) is 0 Å². The van der Waals surface area contributed by atoms with Gasteiger partial charge in [-0.3, -0.25) is 0 Å². The molecule has 0 radical (unpaired) electrons. The van der Waals surface area contributed by atoms with Gasteiger partial charge in [0.05, 0.1) is 0 Å². The molecule has 0 spiro atoms. The third kappa shape index (κ3) is 4.91. The Labute approximate surface area is 115 Å². The third-order valence-corrected chi connectivity index (χ3v) is 4.69. The van der Waals surface area contributed by atoms with Gasteiger partial charge >= 0.3 is 0 Å². The molecule has 1 aliphatic carbocycles. The SMILES string of the molecule is CCC1CCC(CNC(C)(C)C)C(C(C)(C)C)C1. The summed E-state index contributed by atoms with van der Waals surface area (Å²) in [6, 6.07) is 0. The lowest BCUT2D eigenvalue weighted by atomic mass is 9.63. The minimum atomic E-state index is 0.254. The molecule has 3 unspecified atom stereocenters. The van der Waals surface area contributed by atoms with E-state index < -0.39 is 0 Å². The van der Waals surface area contributed by atoms with Gasteiger partial charge in [-0.2, -0.15) is 0 Å². The Hall–Kier alpha value is -0.0400. The van der Waals surface area contributed by atoms with Gasteiger partial charge in [-0.05, 0) is 63.3 Å². The monoisotopic (exact) mass is 253 g/mol. The van der Waals surface area contributed by atoms with E-state index in [9.17, 15) is 0 Å². The van der Waals surface area contributed by atoms with E-state index in [4.69, 9.17) is 0 Å². The fraction of sp³-hybridized carbons (Fsp3) is 1.00. The van der Waals surface area contributed by atoms with Gasteiger partial charge in [-0.25, -0.2) is 0 Å². The van der Waals surface area contributed by atoms with Gasteiger partial charge in [0.1, 0.15) is 0 Å². The van der Waals surface area contributed by atoms with Gasteiger partial charge < -0.3 is 5.32 Å². The smallest absolute Gasteiger partial charge is 0.00966 e. The van der Waals surface area contributed by atoms with E-state index in [0.29, 0.717) is 5.41 Å². The predicted octanol–water partition coefficient (Wildman–Crippen LogP) is 4.86. The first kappa shape index (κ1) is 16.0. The number of hydrogen-bond donors (Lipinski definition) is 1. The van der Waals surface area contributed by atoms with Gasteiger partial charge in [0.25, 0.3) is 0 Å². The van der Waals surface area contributed by atoms with Crippen LogP contribution in [-0.4, -0.2) is 12.1 Å². The van der Waals surface area contributed by atoms with Crippen LogP contribution < -0.4 is 5.32 Å². The lowest BCUT2D eigenvalue weighted by Crippen LogP contribution is -2.44. The third-order valence-electron chi connectivity index (χ3n) is 4.69. The van der Waals surface area contributed by atoms with Crippen molar-refractivity contribution in [3.8, 4) is 0 Å². The lowest BCUT2D eigenvalue weighted by molar-refractivity contribution is 0.0704. The highest BCUT2D eigenvalue weighted by Gasteiger charge is 2.37. The van der Waals surface area contributed by atoms with Gasteiger partial charge in [0.15, 0.2) is 0 Å². The Morgan fingerprint density at radius 3 is 2.06 bits per heavy atom. The fourth-order valence-electron chi connectivity index (χ4n) is 3.43. The quantitative estimate of drug-likeness (QED) is 0.757. The fourth-order valence-corrected chi connectivity index (χ4v) is 3.43. The molecule has 0 aliphatic heterocycles. The van der Waals surface area contributed by atoms with Crippen LogP contribution in [0.1, 0.15) is 74.1 Å². The summed E-state index contributed by atoms with van der Waals surface area (Å²) in [6.07, 6.45) is 5.67. The molecule has 1 nitrogen and oxygen atoms in total. The molecule has 0 saturated heterocycles. The second kappa shape index (κ2) is 5.94. The van der Waals surface area contributed by atoms with Crippen molar-refractivity contribution < 1.29 is 0 Å².